The molecule has 1 aromatic carbocycles. The molecule has 0 saturated heterocycles. The van der Waals surface area contributed by atoms with E-state index in [1.807, 2.05) is 0 Å². The number of furan rings is 1. The van der Waals surface area contributed by atoms with Gasteiger partial charge >= 0.3 is 0 Å². The highest BCUT2D eigenvalue weighted by Crippen LogP contribution is 2.54. The number of nitrogens with one attached hydrogen (secondary N) is 3. The molecule has 3 aliphatic heterocycles. The highest BCUT2D eigenvalue weighted by molar-refractivity contribution is 6.00. The summed E-state index contributed by atoms with van der Waals surface area (Å²) < 4.78 is 7.20. The molecule has 4 heterocycles. The summed E-state index contributed by atoms with van der Waals surface area (Å²) in [7, 11) is 0. The van der Waals surface area contributed by atoms with Crippen LogP contribution < -0.4 is 20.9 Å². The van der Waals surface area contributed by atoms with Crippen LogP contribution in [-0.4, -0.2) is 24.2 Å². The summed E-state index contributed by atoms with van der Waals surface area (Å²) in [6, 6.07) is 4.67. The van der Waals surface area contributed by atoms with E-state index in [2.05, 4.69) is 185 Å². The Morgan fingerprint density at radius 3 is 2.34 bits per heavy atom. The lowest BCUT2D eigenvalue weighted by Gasteiger charge is -2.39. The SMILES string of the molecule is C1=CCCC(C2C=C(C3=CNC(C4=Cc5oc6c7c(ccc6c5CC4)C4CC=CC=C4N7C4=CCCC=C4)C(C4N=C(C5C=CC=CC5)NC(C5=CCCC=C5)N4)=C3)C=CC2C2=CCCC=C2)=C1. The minimum absolute atomic E-state index is 0.0585. The van der Waals surface area contributed by atoms with Crippen molar-refractivity contribution in [1.82, 2.24) is 16.0 Å². The standard InChI is InChI=1S/C62H61N5O/c1-6-18-40(19-7-1)48-32-30-44(36-53(48)41-20-8-2-9-21-41)46-37-54(62-65-60(42-22-10-3-11-23-42)64-61(66-62)43-24-12-4-13-25-43)57(63-39-46)45-31-33-50-52-35-34-51-49-28-16-17-29-55(49)67(47-26-14-5-15-27-47)58(51)59(52)68-56(50)38-45/h2-3,6,8,10-12,14,16-20,22,24-27,29-30,32,34-39,42,48-49,53,57,61-63,66H,1,4-5,7,9,13,15,21,23,28,31,33H2,(H,64,65). The molecular weight excluding hydrogens is 831 g/mol. The summed E-state index contributed by atoms with van der Waals surface area (Å²) in [4.78, 5) is 8.15. The molecule has 0 saturated carbocycles. The Bertz CT molecular complexity index is 3040. The topological polar surface area (TPSA) is 64.8 Å². The summed E-state index contributed by atoms with van der Waals surface area (Å²) in [6.07, 6.45) is 70.7. The molecule has 340 valence electrons. The Morgan fingerprint density at radius 1 is 0.676 bits per heavy atom. The van der Waals surface area contributed by atoms with E-state index in [1.54, 1.807) is 0 Å². The Morgan fingerprint density at radius 2 is 1.53 bits per heavy atom. The van der Waals surface area contributed by atoms with Crippen LogP contribution in [-0.2, 0) is 6.42 Å². The number of allylic oxidation sites excluding steroid dienone is 26. The van der Waals surface area contributed by atoms with Crippen LogP contribution >= 0.6 is 0 Å². The largest absolute Gasteiger partial charge is 0.454 e. The van der Waals surface area contributed by atoms with E-state index in [-0.39, 0.29) is 24.3 Å². The van der Waals surface area contributed by atoms with E-state index in [0.29, 0.717) is 17.8 Å². The fraction of sp³-hybridized carbons (Fsp3) is 0.306. The number of benzene rings is 1. The molecule has 0 radical (unpaired) electrons. The molecule has 6 nitrogen and oxygen atoms in total. The third kappa shape index (κ3) is 7.49. The highest BCUT2D eigenvalue weighted by atomic mass is 16.3. The first-order valence-corrected chi connectivity index (χ1v) is 25.6. The number of aliphatic imine (C=N–C) groups is 1. The molecule has 2 aromatic rings. The number of anilines is 1. The van der Waals surface area contributed by atoms with E-state index >= 15 is 0 Å². The number of hydrogen-bond acceptors (Lipinski definition) is 6. The minimum atomic E-state index is -0.259. The number of rotatable bonds is 8. The molecule has 7 unspecified atom stereocenters. The Hall–Kier alpha value is -6.63. The van der Waals surface area contributed by atoms with Gasteiger partial charge in [-0.05, 0) is 140 Å². The number of amidine groups is 1. The second-order valence-corrected chi connectivity index (χ2v) is 20.1. The van der Waals surface area contributed by atoms with Crippen molar-refractivity contribution in [2.75, 3.05) is 4.90 Å². The Balaban J connectivity index is 0.910. The number of aryl methyl sites for hydroxylation is 1. The van der Waals surface area contributed by atoms with Gasteiger partial charge in [0.2, 0.25) is 0 Å². The third-order valence-electron chi connectivity index (χ3n) is 16.0. The van der Waals surface area contributed by atoms with Gasteiger partial charge in [0.1, 0.15) is 23.9 Å². The van der Waals surface area contributed by atoms with Gasteiger partial charge in [-0.25, -0.2) is 4.99 Å². The van der Waals surface area contributed by atoms with Gasteiger partial charge in [-0.3, -0.25) is 5.32 Å². The lowest BCUT2D eigenvalue weighted by Crippen LogP contribution is -2.58. The molecule has 0 fully saturated rings. The Kier molecular flexibility index (Phi) is 10.9. The van der Waals surface area contributed by atoms with Crippen molar-refractivity contribution >= 4 is 28.6 Å². The monoisotopic (exact) mass is 891 g/mol. The van der Waals surface area contributed by atoms with Gasteiger partial charge in [-0.1, -0.05) is 139 Å². The normalized spacial score (nSPS) is 30.1. The minimum Gasteiger partial charge on any atom is -0.454 e. The van der Waals surface area contributed by atoms with Gasteiger partial charge in [0.25, 0.3) is 0 Å². The fourth-order valence-electron chi connectivity index (χ4n) is 12.5. The highest BCUT2D eigenvalue weighted by Gasteiger charge is 2.40. The zero-order valence-corrected chi connectivity index (χ0v) is 38.9. The van der Waals surface area contributed by atoms with Crippen LogP contribution in [0.15, 0.2) is 218 Å². The average molecular weight is 892 g/mol. The zero-order valence-electron chi connectivity index (χ0n) is 38.9. The number of nitrogens with zero attached hydrogens (tertiary/aromatic N) is 2. The maximum atomic E-state index is 7.20. The number of hydrogen-bond donors (Lipinski definition) is 3. The van der Waals surface area contributed by atoms with Crippen LogP contribution in [0.5, 0.6) is 0 Å². The van der Waals surface area contributed by atoms with Gasteiger partial charge in [-0.2, -0.15) is 0 Å². The predicted octanol–water partition coefficient (Wildman–Crippen LogP) is 13.5. The van der Waals surface area contributed by atoms with Crippen molar-refractivity contribution in [3.8, 4) is 0 Å². The molecule has 11 aliphatic rings. The Labute approximate surface area is 401 Å². The summed E-state index contributed by atoms with van der Waals surface area (Å²) in [5, 5.41) is 13.2. The van der Waals surface area contributed by atoms with Crippen molar-refractivity contribution in [1.29, 1.82) is 0 Å². The van der Waals surface area contributed by atoms with E-state index in [1.165, 1.54) is 72.6 Å². The second-order valence-electron chi connectivity index (χ2n) is 20.1. The third-order valence-corrected chi connectivity index (χ3v) is 16.0. The van der Waals surface area contributed by atoms with E-state index in [4.69, 9.17) is 9.41 Å². The van der Waals surface area contributed by atoms with Crippen molar-refractivity contribution in [3.63, 3.8) is 0 Å². The number of fused-ring (bicyclic) bond motifs is 7. The quantitative estimate of drug-likeness (QED) is 0.246. The molecule has 1 aromatic heterocycles. The summed E-state index contributed by atoms with van der Waals surface area (Å²) in [6.45, 7) is 0. The maximum absolute atomic E-state index is 7.20. The molecule has 68 heavy (non-hydrogen) atoms. The molecule has 3 N–H and O–H groups in total. The molecule has 0 bridgehead atoms. The van der Waals surface area contributed by atoms with Gasteiger partial charge in [0.05, 0.1) is 11.7 Å². The van der Waals surface area contributed by atoms with Gasteiger partial charge in [0, 0.05) is 52.2 Å². The first-order chi connectivity index (χ1) is 33.7. The van der Waals surface area contributed by atoms with Crippen molar-refractivity contribution in [2.45, 2.75) is 101 Å². The van der Waals surface area contributed by atoms with Crippen molar-refractivity contribution < 1.29 is 4.42 Å². The number of dihydropyridines is 1. The summed E-state index contributed by atoms with van der Waals surface area (Å²) in [5.74, 6) is 3.20. The van der Waals surface area contributed by atoms with Gasteiger partial charge < -0.3 is 20.0 Å². The first-order valence-electron chi connectivity index (χ1n) is 25.6. The lowest BCUT2D eigenvalue weighted by molar-refractivity contribution is 0.436. The fourth-order valence-corrected chi connectivity index (χ4v) is 12.5. The van der Waals surface area contributed by atoms with E-state index in [0.717, 1.165) is 94.2 Å². The molecule has 6 heteroatoms. The maximum Gasteiger partial charge on any atom is 0.159 e. The van der Waals surface area contributed by atoms with Crippen molar-refractivity contribution in [2.24, 2.45) is 22.7 Å². The molecule has 8 aliphatic carbocycles. The smallest absolute Gasteiger partial charge is 0.159 e. The predicted molar refractivity (Wildman–Crippen MR) is 280 cm³/mol. The summed E-state index contributed by atoms with van der Waals surface area (Å²) in [5.41, 5.74) is 16.8. The van der Waals surface area contributed by atoms with E-state index in [9.17, 15) is 0 Å². The molecule has 7 atom stereocenters. The van der Waals surface area contributed by atoms with Crippen LogP contribution in [0.25, 0.3) is 17.0 Å². The van der Waals surface area contributed by atoms with Crippen LogP contribution in [0.3, 0.4) is 0 Å². The van der Waals surface area contributed by atoms with Crippen LogP contribution in [0, 0.1) is 17.8 Å². The average Bonchev–Trinajstić information content (AvgIpc) is 3.97. The summed E-state index contributed by atoms with van der Waals surface area (Å²) >= 11 is 0. The second kappa shape index (κ2) is 17.8. The van der Waals surface area contributed by atoms with E-state index < -0.39 is 0 Å². The zero-order chi connectivity index (χ0) is 45.0. The van der Waals surface area contributed by atoms with Gasteiger partial charge in [-0.15, -0.1) is 0 Å². The van der Waals surface area contributed by atoms with Gasteiger partial charge in [0.15, 0.2) is 5.58 Å². The van der Waals surface area contributed by atoms with Crippen molar-refractivity contribution in [3.05, 3.63) is 225 Å². The van der Waals surface area contributed by atoms with Crippen LogP contribution in [0.1, 0.15) is 93.4 Å². The molecule has 13 rings (SSSR count). The molecule has 0 amide bonds. The lowest BCUT2D eigenvalue weighted by atomic mass is 9.73. The first kappa shape index (κ1) is 41.5. The molecular formula is C62H61N5O. The molecule has 0 spiro atoms. The van der Waals surface area contributed by atoms with Crippen LogP contribution in [0.4, 0.5) is 5.69 Å². The van der Waals surface area contributed by atoms with Crippen LogP contribution in [0.2, 0.25) is 0 Å².